The van der Waals surface area contributed by atoms with Crippen molar-refractivity contribution in [1.29, 1.82) is 0 Å². The first-order valence-electron chi connectivity index (χ1n) is 9.76. The normalized spacial score (nSPS) is 16.3. The van der Waals surface area contributed by atoms with Gasteiger partial charge >= 0.3 is 0 Å². The maximum absolute atomic E-state index is 14.0. The summed E-state index contributed by atoms with van der Waals surface area (Å²) in [6.07, 6.45) is 1.58. The lowest BCUT2D eigenvalue weighted by Crippen LogP contribution is -2.39. The fraction of sp³-hybridized carbons (Fsp3) is 0.273. The number of benzene rings is 2. The maximum Gasteiger partial charge on any atom is 0.256 e. The Morgan fingerprint density at radius 3 is 2.67 bits per heavy atom. The van der Waals surface area contributed by atoms with Gasteiger partial charge in [-0.3, -0.25) is 9.59 Å². The van der Waals surface area contributed by atoms with Crippen LogP contribution in [0.25, 0.3) is 11.4 Å². The Balaban J connectivity index is 1.47. The third-order valence-electron chi connectivity index (χ3n) is 5.07. The lowest BCUT2D eigenvalue weighted by atomic mass is 9.97. The zero-order valence-electron chi connectivity index (χ0n) is 16.5. The van der Waals surface area contributed by atoms with Gasteiger partial charge in [-0.25, -0.2) is 4.39 Å². The third-order valence-corrected chi connectivity index (χ3v) is 5.07. The molecule has 2 amide bonds. The largest absolute Gasteiger partial charge is 0.339 e. The summed E-state index contributed by atoms with van der Waals surface area (Å²) in [4.78, 5) is 30.0. The summed E-state index contributed by atoms with van der Waals surface area (Å²) in [6, 6.07) is 13.1. The van der Waals surface area contributed by atoms with E-state index in [1.165, 1.54) is 19.1 Å². The second kappa shape index (κ2) is 8.44. The molecule has 30 heavy (non-hydrogen) atoms. The fourth-order valence-electron chi connectivity index (χ4n) is 3.59. The van der Waals surface area contributed by atoms with Crippen LogP contribution in [0.4, 0.5) is 10.1 Å². The average molecular weight is 408 g/mol. The molecule has 2 aromatic carbocycles. The van der Waals surface area contributed by atoms with Gasteiger partial charge in [-0.2, -0.15) is 4.98 Å². The van der Waals surface area contributed by atoms with Crippen LogP contribution in [-0.2, 0) is 4.79 Å². The van der Waals surface area contributed by atoms with E-state index in [2.05, 4.69) is 15.5 Å². The van der Waals surface area contributed by atoms with E-state index in [1.54, 1.807) is 41.3 Å². The number of halogens is 1. The molecule has 1 atom stereocenters. The first-order chi connectivity index (χ1) is 14.5. The summed E-state index contributed by atoms with van der Waals surface area (Å²) in [5, 5.41) is 6.76. The predicted molar refractivity (Wildman–Crippen MR) is 108 cm³/mol. The molecule has 8 heteroatoms. The topological polar surface area (TPSA) is 88.3 Å². The molecule has 1 fully saturated rings. The SMILES string of the molecule is CC(=O)Nc1ccc(-c2noc([C@@H]3CCCN(C(=O)c4ccccc4F)C3)n2)cc1. The molecule has 0 bridgehead atoms. The molecule has 0 unspecified atom stereocenters. The molecule has 7 nitrogen and oxygen atoms in total. The highest BCUT2D eigenvalue weighted by atomic mass is 19.1. The highest BCUT2D eigenvalue weighted by molar-refractivity contribution is 5.94. The van der Waals surface area contributed by atoms with E-state index in [1.807, 2.05) is 0 Å². The molecular formula is C22H21FN4O3. The van der Waals surface area contributed by atoms with Crippen molar-refractivity contribution in [3.63, 3.8) is 0 Å². The van der Waals surface area contributed by atoms with Crippen LogP contribution in [0.1, 0.15) is 41.9 Å². The molecule has 154 valence electrons. The summed E-state index contributed by atoms with van der Waals surface area (Å²) < 4.78 is 19.5. The highest BCUT2D eigenvalue weighted by Gasteiger charge is 2.30. The number of likely N-dealkylation sites (tertiary alicyclic amines) is 1. The quantitative estimate of drug-likeness (QED) is 0.708. The molecular weight excluding hydrogens is 387 g/mol. The molecule has 1 saturated heterocycles. The van der Waals surface area contributed by atoms with Crippen molar-refractivity contribution in [2.45, 2.75) is 25.7 Å². The number of piperidine rings is 1. The fourth-order valence-corrected chi connectivity index (χ4v) is 3.59. The van der Waals surface area contributed by atoms with E-state index in [0.717, 1.165) is 18.4 Å². The predicted octanol–water partition coefficient (Wildman–Crippen LogP) is 3.85. The molecule has 0 spiro atoms. The Hall–Kier alpha value is -3.55. The lowest BCUT2D eigenvalue weighted by Gasteiger charge is -2.31. The number of carbonyl (C=O) groups excluding carboxylic acids is 2. The van der Waals surface area contributed by atoms with Gasteiger partial charge in [0.05, 0.1) is 11.5 Å². The van der Waals surface area contributed by atoms with E-state index in [-0.39, 0.29) is 23.3 Å². The minimum absolute atomic E-state index is 0.0728. The van der Waals surface area contributed by atoms with Gasteiger partial charge in [0.15, 0.2) is 0 Å². The van der Waals surface area contributed by atoms with Gasteiger partial charge in [0.2, 0.25) is 17.6 Å². The van der Waals surface area contributed by atoms with Crippen LogP contribution in [0.15, 0.2) is 53.1 Å². The van der Waals surface area contributed by atoms with Crippen LogP contribution in [0, 0.1) is 5.82 Å². The second-order valence-corrected chi connectivity index (χ2v) is 7.28. The zero-order chi connectivity index (χ0) is 21.1. The number of carbonyl (C=O) groups is 2. The van der Waals surface area contributed by atoms with Gasteiger partial charge in [-0.1, -0.05) is 17.3 Å². The van der Waals surface area contributed by atoms with E-state index >= 15 is 0 Å². The molecule has 1 aliphatic rings. The van der Waals surface area contributed by atoms with Crippen LogP contribution in [0.3, 0.4) is 0 Å². The summed E-state index contributed by atoms with van der Waals surface area (Å²) in [7, 11) is 0. The lowest BCUT2D eigenvalue weighted by molar-refractivity contribution is -0.114. The number of amides is 2. The number of hydrogen-bond acceptors (Lipinski definition) is 5. The number of anilines is 1. The maximum atomic E-state index is 14.0. The van der Waals surface area contributed by atoms with Gasteiger partial charge in [-0.15, -0.1) is 0 Å². The summed E-state index contributed by atoms with van der Waals surface area (Å²) in [5.74, 6) is -0.192. The van der Waals surface area contributed by atoms with Crippen molar-refractivity contribution in [2.75, 3.05) is 18.4 Å². The molecule has 4 rings (SSSR count). The van der Waals surface area contributed by atoms with E-state index in [9.17, 15) is 14.0 Å². The Morgan fingerprint density at radius 1 is 1.17 bits per heavy atom. The first-order valence-corrected chi connectivity index (χ1v) is 9.76. The van der Waals surface area contributed by atoms with Gasteiger partial charge < -0.3 is 14.7 Å². The molecule has 1 aliphatic heterocycles. The standard InChI is InChI=1S/C22H21FN4O3/c1-14(28)24-17-10-8-15(9-11-17)20-25-21(30-26-20)16-5-4-12-27(13-16)22(29)18-6-2-3-7-19(18)23/h2-3,6-11,16H,4-5,12-13H2,1H3,(H,24,28)/t16-/m1/s1. The Morgan fingerprint density at radius 2 is 1.93 bits per heavy atom. The van der Waals surface area contributed by atoms with E-state index in [4.69, 9.17) is 4.52 Å². The smallest absolute Gasteiger partial charge is 0.256 e. The van der Waals surface area contributed by atoms with Crippen LogP contribution in [0.5, 0.6) is 0 Å². The Labute approximate surface area is 172 Å². The number of rotatable bonds is 4. The van der Waals surface area contributed by atoms with Gasteiger partial charge in [-0.05, 0) is 49.2 Å². The minimum Gasteiger partial charge on any atom is -0.339 e. The summed E-state index contributed by atoms with van der Waals surface area (Å²) >= 11 is 0. The van der Waals surface area contributed by atoms with Crippen molar-refractivity contribution in [3.8, 4) is 11.4 Å². The minimum atomic E-state index is -0.521. The monoisotopic (exact) mass is 408 g/mol. The van der Waals surface area contributed by atoms with Crippen LogP contribution in [0.2, 0.25) is 0 Å². The highest BCUT2D eigenvalue weighted by Crippen LogP contribution is 2.29. The second-order valence-electron chi connectivity index (χ2n) is 7.28. The first kappa shape index (κ1) is 19.8. The summed E-state index contributed by atoms with van der Waals surface area (Å²) in [5.41, 5.74) is 1.52. The number of aromatic nitrogens is 2. The van der Waals surface area contributed by atoms with Crippen LogP contribution in [-0.4, -0.2) is 39.9 Å². The molecule has 1 aromatic heterocycles. The zero-order valence-corrected chi connectivity index (χ0v) is 16.5. The van der Waals surface area contributed by atoms with Crippen molar-refractivity contribution in [3.05, 3.63) is 65.8 Å². The Kier molecular flexibility index (Phi) is 5.56. The third kappa shape index (κ3) is 4.22. The Bertz CT molecular complexity index is 1060. The van der Waals surface area contributed by atoms with Crippen molar-refractivity contribution in [1.82, 2.24) is 15.0 Å². The van der Waals surface area contributed by atoms with Gasteiger partial charge in [0.25, 0.3) is 5.91 Å². The van der Waals surface area contributed by atoms with Crippen LogP contribution < -0.4 is 5.32 Å². The molecule has 2 heterocycles. The molecule has 1 N–H and O–H groups in total. The van der Waals surface area contributed by atoms with Crippen molar-refractivity contribution < 1.29 is 18.5 Å². The molecule has 0 aliphatic carbocycles. The average Bonchev–Trinajstić information content (AvgIpc) is 3.24. The molecule has 0 saturated carbocycles. The van der Waals surface area contributed by atoms with Gasteiger partial charge in [0.1, 0.15) is 5.82 Å². The van der Waals surface area contributed by atoms with Crippen molar-refractivity contribution >= 4 is 17.5 Å². The van der Waals surface area contributed by atoms with E-state index in [0.29, 0.717) is 30.5 Å². The number of hydrogen-bond donors (Lipinski definition) is 1. The molecule has 0 radical (unpaired) electrons. The van der Waals surface area contributed by atoms with E-state index < -0.39 is 5.82 Å². The van der Waals surface area contributed by atoms with Crippen molar-refractivity contribution in [2.24, 2.45) is 0 Å². The van der Waals surface area contributed by atoms with Gasteiger partial charge in [0, 0.05) is 31.3 Å². The number of nitrogens with one attached hydrogen (secondary N) is 1. The molecule has 3 aromatic rings. The number of nitrogens with zero attached hydrogens (tertiary/aromatic N) is 3. The van der Waals surface area contributed by atoms with Crippen LogP contribution >= 0.6 is 0 Å². The summed E-state index contributed by atoms with van der Waals surface area (Å²) in [6.45, 7) is 2.41.